The highest BCUT2D eigenvalue weighted by Gasteiger charge is 2.25. The zero-order valence-corrected chi connectivity index (χ0v) is 18.0. The number of hydrogen-bond donors (Lipinski definition) is 2. The number of nitrogens with zero attached hydrogens (tertiary/aromatic N) is 4. The largest absolute Gasteiger partial charge is 0.480 e. The van der Waals surface area contributed by atoms with Gasteiger partial charge in [-0.1, -0.05) is 6.07 Å². The van der Waals surface area contributed by atoms with Crippen LogP contribution in [0.1, 0.15) is 49.8 Å². The number of cyclic esters (lactones) is 1. The minimum atomic E-state index is -0.724. The molecule has 32 heavy (non-hydrogen) atoms. The second-order valence-electron chi connectivity index (χ2n) is 7.62. The van der Waals surface area contributed by atoms with Crippen molar-refractivity contribution in [2.45, 2.75) is 33.1 Å². The number of hydrogen-bond acceptors (Lipinski definition) is 8. The zero-order valence-electron chi connectivity index (χ0n) is 18.0. The number of aliphatic hydroxyl groups is 1. The zero-order chi connectivity index (χ0) is 22.8. The number of rotatable bonds is 7. The molecule has 1 aliphatic rings. The number of carbonyl (C=O) groups excluding carboxylic acids is 1. The van der Waals surface area contributed by atoms with E-state index in [1.165, 1.54) is 7.11 Å². The Morgan fingerprint density at radius 3 is 2.97 bits per heavy atom. The van der Waals surface area contributed by atoms with Gasteiger partial charge in [0.1, 0.15) is 18.2 Å². The molecule has 9 nitrogen and oxygen atoms in total. The summed E-state index contributed by atoms with van der Waals surface area (Å²) in [5, 5.41) is 27.5. The third-order valence-corrected chi connectivity index (χ3v) is 5.58. The van der Waals surface area contributed by atoms with E-state index in [0.717, 1.165) is 27.8 Å². The predicted molar refractivity (Wildman–Crippen MR) is 114 cm³/mol. The van der Waals surface area contributed by atoms with Crippen molar-refractivity contribution >= 4 is 5.97 Å². The molecular weight excluding hydrogens is 410 g/mol. The van der Waals surface area contributed by atoms with E-state index >= 15 is 0 Å². The summed E-state index contributed by atoms with van der Waals surface area (Å²) < 4.78 is 11.9. The van der Waals surface area contributed by atoms with Crippen LogP contribution in [0.25, 0.3) is 5.82 Å². The lowest BCUT2D eigenvalue weighted by molar-refractivity contribution is 0.0535. The SMILES string of the molecule is COc1nc(-n2cc(CNCC(O)c3ccc4c(c3C)COC4=O)cn2)cc(C)c1C#N. The highest BCUT2D eigenvalue weighted by Crippen LogP contribution is 2.29. The molecule has 3 aromatic rings. The van der Waals surface area contributed by atoms with Crippen molar-refractivity contribution in [3.8, 4) is 17.8 Å². The number of ether oxygens (including phenoxy) is 2. The molecule has 1 atom stereocenters. The van der Waals surface area contributed by atoms with E-state index in [1.54, 1.807) is 29.1 Å². The fraction of sp³-hybridized carbons (Fsp3) is 0.304. The van der Waals surface area contributed by atoms with E-state index < -0.39 is 6.10 Å². The van der Waals surface area contributed by atoms with Gasteiger partial charge < -0.3 is 19.9 Å². The fourth-order valence-electron chi connectivity index (χ4n) is 3.80. The molecule has 3 heterocycles. The van der Waals surface area contributed by atoms with E-state index in [1.807, 2.05) is 20.0 Å². The van der Waals surface area contributed by atoms with Crippen molar-refractivity contribution in [3.63, 3.8) is 0 Å². The lowest BCUT2D eigenvalue weighted by Crippen LogP contribution is -2.21. The molecule has 0 bridgehead atoms. The molecule has 2 aromatic heterocycles. The van der Waals surface area contributed by atoms with Crippen molar-refractivity contribution in [1.82, 2.24) is 20.1 Å². The van der Waals surface area contributed by atoms with E-state index in [9.17, 15) is 15.2 Å². The van der Waals surface area contributed by atoms with Crippen molar-refractivity contribution in [3.05, 3.63) is 69.5 Å². The van der Waals surface area contributed by atoms with E-state index in [0.29, 0.717) is 30.0 Å². The summed E-state index contributed by atoms with van der Waals surface area (Å²) in [5.74, 6) is 0.497. The van der Waals surface area contributed by atoms with Gasteiger partial charge in [-0.05, 0) is 42.7 Å². The molecule has 0 amide bonds. The Balaban J connectivity index is 1.41. The highest BCUT2D eigenvalue weighted by molar-refractivity contribution is 5.93. The van der Waals surface area contributed by atoms with Gasteiger partial charge in [0.2, 0.25) is 5.88 Å². The molecule has 2 N–H and O–H groups in total. The molecule has 164 valence electrons. The number of benzene rings is 1. The fourth-order valence-corrected chi connectivity index (χ4v) is 3.80. The van der Waals surface area contributed by atoms with Crippen LogP contribution in [-0.2, 0) is 17.9 Å². The molecule has 4 rings (SSSR count). The topological polar surface area (TPSA) is 122 Å². The number of nitriles is 1. The number of aryl methyl sites for hydroxylation is 1. The van der Waals surface area contributed by atoms with Gasteiger partial charge in [-0.3, -0.25) is 0 Å². The molecule has 0 saturated heterocycles. The van der Waals surface area contributed by atoms with Crippen LogP contribution in [0, 0.1) is 25.2 Å². The Labute approximate surface area is 185 Å². The van der Waals surface area contributed by atoms with Gasteiger partial charge >= 0.3 is 5.97 Å². The molecule has 0 spiro atoms. The van der Waals surface area contributed by atoms with Crippen LogP contribution >= 0.6 is 0 Å². The van der Waals surface area contributed by atoms with Crippen LogP contribution in [-0.4, -0.2) is 39.5 Å². The second kappa shape index (κ2) is 8.78. The Bertz CT molecular complexity index is 1230. The van der Waals surface area contributed by atoms with Crippen LogP contribution in [0.3, 0.4) is 0 Å². The summed E-state index contributed by atoms with van der Waals surface area (Å²) in [6.07, 6.45) is 2.82. The summed E-state index contributed by atoms with van der Waals surface area (Å²) in [4.78, 5) is 16.0. The first-order chi connectivity index (χ1) is 15.4. The number of nitrogens with one attached hydrogen (secondary N) is 1. The number of methoxy groups -OCH3 is 1. The first-order valence-corrected chi connectivity index (χ1v) is 10.1. The van der Waals surface area contributed by atoms with Gasteiger partial charge in [0.25, 0.3) is 0 Å². The van der Waals surface area contributed by atoms with Gasteiger partial charge in [0, 0.05) is 30.4 Å². The monoisotopic (exact) mass is 433 g/mol. The summed E-state index contributed by atoms with van der Waals surface area (Å²) >= 11 is 0. The molecule has 0 fully saturated rings. The lowest BCUT2D eigenvalue weighted by atomic mass is 9.95. The lowest BCUT2D eigenvalue weighted by Gasteiger charge is -2.16. The predicted octanol–water partition coefficient (Wildman–Crippen LogP) is 2.26. The maximum absolute atomic E-state index is 11.7. The van der Waals surface area contributed by atoms with Gasteiger partial charge in [0.05, 0.1) is 25.0 Å². The summed E-state index contributed by atoms with van der Waals surface area (Å²) in [7, 11) is 1.48. The number of aromatic nitrogens is 3. The molecule has 0 saturated carbocycles. The van der Waals surface area contributed by atoms with Crippen molar-refractivity contribution in [2.24, 2.45) is 0 Å². The first kappa shape index (κ1) is 21.5. The Morgan fingerprint density at radius 1 is 1.41 bits per heavy atom. The third-order valence-electron chi connectivity index (χ3n) is 5.58. The minimum Gasteiger partial charge on any atom is -0.480 e. The van der Waals surface area contributed by atoms with E-state index in [4.69, 9.17) is 9.47 Å². The Kier molecular flexibility index (Phi) is 5.90. The average Bonchev–Trinajstić information content (AvgIpc) is 3.40. The smallest absolute Gasteiger partial charge is 0.338 e. The van der Waals surface area contributed by atoms with Crippen molar-refractivity contribution in [1.29, 1.82) is 5.26 Å². The van der Waals surface area contributed by atoms with E-state index in [-0.39, 0.29) is 18.5 Å². The molecule has 9 heteroatoms. The highest BCUT2D eigenvalue weighted by atomic mass is 16.5. The maximum atomic E-state index is 11.7. The van der Waals surface area contributed by atoms with E-state index in [2.05, 4.69) is 21.5 Å². The van der Waals surface area contributed by atoms with Crippen LogP contribution in [0.5, 0.6) is 5.88 Å². The van der Waals surface area contributed by atoms with Crippen molar-refractivity contribution < 1.29 is 19.4 Å². The van der Waals surface area contributed by atoms with Crippen LogP contribution in [0.15, 0.2) is 30.6 Å². The number of aliphatic hydroxyl groups excluding tert-OH is 1. The maximum Gasteiger partial charge on any atom is 0.338 e. The number of pyridine rings is 1. The number of carbonyl (C=O) groups is 1. The van der Waals surface area contributed by atoms with Gasteiger partial charge in [-0.2, -0.15) is 15.3 Å². The third kappa shape index (κ3) is 3.93. The minimum absolute atomic E-state index is 0.251. The number of esters is 1. The molecule has 0 aliphatic carbocycles. The summed E-state index contributed by atoms with van der Waals surface area (Å²) in [5.41, 5.74) is 5.13. The Hall–Kier alpha value is -3.74. The molecule has 1 aliphatic heterocycles. The summed E-state index contributed by atoms with van der Waals surface area (Å²) in [6.45, 7) is 4.80. The normalized spacial score (nSPS) is 13.4. The quantitative estimate of drug-likeness (QED) is 0.544. The number of fused-ring (bicyclic) bond motifs is 1. The van der Waals surface area contributed by atoms with Gasteiger partial charge in [-0.15, -0.1) is 0 Å². The van der Waals surface area contributed by atoms with Crippen LogP contribution in [0.2, 0.25) is 0 Å². The van der Waals surface area contributed by atoms with Crippen LogP contribution < -0.4 is 10.1 Å². The standard InChI is InChI=1S/C23H23N5O4/c1-13-6-21(27-22(31-3)18(13)7-24)28-11-15(9-26-28)8-25-10-20(29)16-4-5-17-19(14(16)2)12-32-23(17)30/h4-6,9,11,20,25,29H,8,10,12H2,1-3H3. The molecule has 1 unspecified atom stereocenters. The van der Waals surface area contributed by atoms with Crippen molar-refractivity contribution in [2.75, 3.05) is 13.7 Å². The van der Waals surface area contributed by atoms with Gasteiger partial charge in [-0.25, -0.2) is 9.48 Å². The first-order valence-electron chi connectivity index (χ1n) is 10.1. The van der Waals surface area contributed by atoms with Gasteiger partial charge in [0.15, 0.2) is 5.82 Å². The summed E-state index contributed by atoms with van der Waals surface area (Å²) in [6, 6.07) is 7.36. The molecular formula is C23H23N5O4. The molecule has 1 aromatic carbocycles. The Morgan fingerprint density at radius 2 is 2.22 bits per heavy atom. The second-order valence-corrected chi connectivity index (χ2v) is 7.62. The molecule has 0 radical (unpaired) electrons. The van der Waals surface area contributed by atoms with Crippen LogP contribution in [0.4, 0.5) is 0 Å². The average molecular weight is 433 g/mol.